The van der Waals surface area contributed by atoms with Gasteiger partial charge in [-0.25, -0.2) is 9.97 Å². The number of aryl methyl sites for hydroxylation is 1. The number of hydrogen-bond donors (Lipinski definition) is 2. The number of ether oxygens (including phenoxy) is 1. The van der Waals surface area contributed by atoms with Gasteiger partial charge >= 0.3 is 0 Å². The Morgan fingerprint density at radius 3 is 2.84 bits per heavy atom. The molecule has 6 nitrogen and oxygen atoms in total. The molecule has 0 bridgehead atoms. The van der Waals surface area contributed by atoms with Crippen molar-refractivity contribution in [2.75, 3.05) is 18.5 Å². The van der Waals surface area contributed by atoms with Crippen molar-refractivity contribution in [1.82, 2.24) is 14.5 Å². The number of nitrogens with zero attached hydrogens (tertiary/aromatic N) is 3. The number of rotatable bonds is 8. The van der Waals surface area contributed by atoms with Crippen LogP contribution in [-0.4, -0.2) is 47.0 Å². The fraction of sp³-hybridized carbons (Fsp3) is 0.500. The maximum atomic E-state index is 9.43. The quantitative estimate of drug-likeness (QED) is 0.307. The first-order chi connectivity index (χ1) is 15.3. The molecule has 2 N–H and O–H groups in total. The number of aromatic nitrogens is 3. The Balaban J connectivity index is 1.79. The largest absolute Gasteiger partial charge is 0.394 e. The molecule has 3 aromatic rings. The van der Waals surface area contributed by atoms with Gasteiger partial charge in [-0.15, -0.1) is 0 Å². The van der Waals surface area contributed by atoms with E-state index in [0.717, 1.165) is 47.6 Å². The van der Waals surface area contributed by atoms with E-state index < -0.39 is 8.07 Å². The third-order valence-corrected chi connectivity index (χ3v) is 8.31. The minimum Gasteiger partial charge on any atom is -0.394 e. The zero-order valence-electron chi connectivity index (χ0n) is 19.4. The van der Waals surface area contributed by atoms with Crippen molar-refractivity contribution in [3.05, 3.63) is 40.1 Å². The normalized spacial score (nSPS) is 14.7. The van der Waals surface area contributed by atoms with Gasteiger partial charge in [0.05, 0.1) is 17.8 Å². The topological polar surface area (TPSA) is 72.2 Å². The number of halogens is 1. The molecule has 32 heavy (non-hydrogen) atoms. The lowest BCUT2D eigenvalue weighted by molar-refractivity contribution is 0.0884. The van der Waals surface area contributed by atoms with Crippen LogP contribution in [0.4, 0.5) is 5.95 Å². The number of para-hydroxylation sites is 1. The molecule has 0 radical (unpaired) electrons. The summed E-state index contributed by atoms with van der Waals surface area (Å²) < 4.78 is 9.61. The molecule has 0 aliphatic heterocycles. The second-order valence-electron chi connectivity index (χ2n) is 9.88. The van der Waals surface area contributed by atoms with Gasteiger partial charge < -0.3 is 19.7 Å². The maximum Gasteiger partial charge on any atom is 0.223 e. The van der Waals surface area contributed by atoms with Crippen molar-refractivity contribution in [2.24, 2.45) is 0 Å². The zero-order chi connectivity index (χ0) is 22.9. The molecule has 172 valence electrons. The summed E-state index contributed by atoms with van der Waals surface area (Å²) in [6.45, 7) is 10.4. The highest BCUT2D eigenvalue weighted by atomic mass is 79.9. The molecule has 4 rings (SSSR count). The molecule has 1 atom stereocenters. The molecule has 0 spiro atoms. The number of anilines is 1. The number of hydrogen-bond acceptors (Lipinski definition) is 5. The van der Waals surface area contributed by atoms with E-state index in [9.17, 15) is 5.11 Å². The summed E-state index contributed by atoms with van der Waals surface area (Å²) in [5.74, 6) is 0.556. The summed E-state index contributed by atoms with van der Waals surface area (Å²) in [5, 5.41) is 13.8. The van der Waals surface area contributed by atoms with Gasteiger partial charge in [-0.2, -0.15) is 0 Å². The molecule has 0 amide bonds. The molecule has 0 saturated carbocycles. The van der Waals surface area contributed by atoms with Gasteiger partial charge in [0.1, 0.15) is 6.73 Å². The minimum absolute atomic E-state index is 0.0344. The SMILES string of the molecule is C[C@H](CO)Nc1ncc2c(n1)-c1c(n(COCC[Si](C)(C)C)c3c(Br)cccc13)CCC2. The van der Waals surface area contributed by atoms with Crippen LogP contribution >= 0.6 is 15.9 Å². The molecule has 8 heteroatoms. The Labute approximate surface area is 199 Å². The second kappa shape index (κ2) is 9.63. The third-order valence-electron chi connectivity index (χ3n) is 5.97. The first kappa shape index (κ1) is 23.4. The highest BCUT2D eigenvalue weighted by molar-refractivity contribution is 9.10. The molecule has 0 fully saturated rings. The number of nitrogens with one attached hydrogen (secondary N) is 1. The van der Waals surface area contributed by atoms with Gasteiger partial charge in [-0.05, 0) is 59.8 Å². The van der Waals surface area contributed by atoms with Gasteiger partial charge in [0.15, 0.2) is 0 Å². The first-order valence-corrected chi connectivity index (χ1v) is 15.9. The molecular weight excluding hydrogens is 484 g/mol. The average molecular weight is 518 g/mol. The molecule has 2 aromatic heterocycles. The van der Waals surface area contributed by atoms with Crippen molar-refractivity contribution in [3.63, 3.8) is 0 Å². The van der Waals surface area contributed by atoms with E-state index in [1.54, 1.807) is 0 Å². The van der Waals surface area contributed by atoms with Crippen LogP contribution in [0.1, 0.15) is 24.6 Å². The van der Waals surface area contributed by atoms with Gasteiger partial charge in [0.2, 0.25) is 5.95 Å². The standard InChI is InChI=1S/C24H33BrN4O2Si/c1-16(14-30)27-24-26-13-17-7-5-10-20-21(22(17)28-24)18-8-6-9-19(25)23(18)29(20)15-31-11-12-32(2,3)4/h6,8-9,13,16,30H,5,7,10-12,14-15H2,1-4H3,(H,26,27,28)/t16-/m1/s1. The summed E-state index contributed by atoms with van der Waals surface area (Å²) in [6, 6.07) is 7.41. The Morgan fingerprint density at radius 1 is 1.28 bits per heavy atom. The molecule has 2 heterocycles. The van der Waals surface area contributed by atoms with E-state index in [1.807, 2.05) is 13.1 Å². The zero-order valence-corrected chi connectivity index (χ0v) is 22.0. The van der Waals surface area contributed by atoms with Crippen LogP contribution in [0.15, 0.2) is 28.9 Å². The summed E-state index contributed by atoms with van der Waals surface area (Å²) in [7, 11) is -1.14. The molecule has 0 saturated heterocycles. The minimum atomic E-state index is -1.14. The van der Waals surface area contributed by atoms with Crippen molar-refractivity contribution in [2.45, 2.75) is 64.6 Å². The van der Waals surface area contributed by atoms with Crippen LogP contribution in [-0.2, 0) is 24.3 Å². The third kappa shape index (κ3) is 4.93. The second-order valence-corrected chi connectivity index (χ2v) is 16.4. The van der Waals surface area contributed by atoms with Gasteiger partial charge in [0, 0.05) is 48.0 Å². The predicted octanol–water partition coefficient (Wildman–Crippen LogP) is 5.45. The fourth-order valence-electron chi connectivity index (χ4n) is 4.21. The van der Waals surface area contributed by atoms with Crippen LogP contribution in [0.3, 0.4) is 0 Å². The number of aliphatic hydroxyl groups is 1. The first-order valence-electron chi connectivity index (χ1n) is 11.4. The van der Waals surface area contributed by atoms with E-state index in [-0.39, 0.29) is 12.6 Å². The van der Waals surface area contributed by atoms with Crippen LogP contribution in [0.2, 0.25) is 25.7 Å². The lowest BCUT2D eigenvalue weighted by Crippen LogP contribution is -2.22. The van der Waals surface area contributed by atoms with E-state index in [4.69, 9.17) is 9.72 Å². The monoisotopic (exact) mass is 516 g/mol. The average Bonchev–Trinajstić information content (AvgIpc) is 2.93. The van der Waals surface area contributed by atoms with Crippen molar-refractivity contribution in [1.29, 1.82) is 0 Å². The van der Waals surface area contributed by atoms with Gasteiger partial charge in [-0.1, -0.05) is 31.8 Å². The van der Waals surface area contributed by atoms with E-state index in [0.29, 0.717) is 12.7 Å². The Bertz CT molecular complexity index is 1110. The fourth-order valence-corrected chi connectivity index (χ4v) is 5.54. The lowest BCUT2D eigenvalue weighted by atomic mass is 10.0. The Morgan fingerprint density at radius 2 is 2.09 bits per heavy atom. The van der Waals surface area contributed by atoms with Gasteiger partial charge in [-0.3, -0.25) is 0 Å². The van der Waals surface area contributed by atoms with Crippen LogP contribution < -0.4 is 5.32 Å². The predicted molar refractivity (Wildman–Crippen MR) is 137 cm³/mol. The number of fused-ring (bicyclic) bond motifs is 5. The summed E-state index contributed by atoms with van der Waals surface area (Å²) >= 11 is 3.79. The number of benzene rings is 1. The van der Waals surface area contributed by atoms with E-state index >= 15 is 0 Å². The van der Waals surface area contributed by atoms with Crippen molar-refractivity contribution < 1.29 is 9.84 Å². The molecular formula is C24H33BrN4O2Si. The summed E-state index contributed by atoms with van der Waals surface area (Å²) in [5.41, 5.74) is 5.78. The Kier molecular flexibility index (Phi) is 7.05. The number of aliphatic hydroxyl groups excluding tert-OH is 1. The maximum absolute atomic E-state index is 9.43. The van der Waals surface area contributed by atoms with E-state index in [1.165, 1.54) is 22.2 Å². The van der Waals surface area contributed by atoms with Crippen LogP contribution in [0.5, 0.6) is 0 Å². The lowest BCUT2D eigenvalue weighted by Gasteiger charge is -2.17. The van der Waals surface area contributed by atoms with Crippen LogP contribution in [0.25, 0.3) is 22.2 Å². The Hall–Kier alpha value is -1.74. The van der Waals surface area contributed by atoms with E-state index in [2.05, 4.69) is 68.6 Å². The molecule has 1 aromatic carbocycles. The van der Waals surface area contributed by atoms with Crippen LogP contribution in [0, 0.1) is 0 Å². The highest BCUT2D eigenvalue weighted by Gasteiger charge is 2.26. The molecule has 1 aliphatic carbocycles. The highest BCUT2D eigenvalue weighted by Crippen LogP contribution is 2.41. The van der Waals surface area contributed by atoms with Crippen molar-refractivity contribution >= 4 is 40.9 Å². The summed E-state index contributed by atoms with van der Waals surface area (Å²) in [6.07, 6.45) is 4.91. The smallest absolute Gasteiger partial charge is 0.223 e. The molecule has 0 unspecified atom stereocenters. The van der Waals surface area contributed by atoms with Gasteiger partial charge in [0.25, 0.3) is 0 Å². The van der Waals surface area contributed by atoms with Crippen molar-refractivity contribution in [3.8, 4) is 11.3 Å². The summed E-state index contributed by atoms with van der Waals surface area (Å²) in [4.78, 5) is 9.44. The molecule has 1 aliphatic rings.